The van der Waals surface area contributed by atoms with Gasteiger partial charge in [0.05, 0.1) is 21.1 Å². The summed E-state index contributed by atoms with van der Waals surface area (Å²) in [6.07, 6.45) is 0. The largest absolute Gasteiger partial charge is 0.480 e. The zero-order valence-corrected chi connectivity index (χ0v) is 8.50. The van der Waals surface area contributed by atoms with Gasteiger partial charge in [-0.25, -0.2) is 0 Å². The second kappa shape index (κ2) is 4.23. The van der Waals surface area contributed by atoms with E-state index in [1.54, 1.807) is 0 Å². The molecule has 1 amide bonds. The van der Waals surface area contributed by atoms with Crippen LogP contribution in [0.4, 0.5) is 0 Å². The molecule has 0 aliphatic heterocycles. The minimum atomic E-state index is -1.02. The number of aliphatic carboxylic acids is 1. The first-order chi connectivity index (χ1) is 5.72. The molecule has 0 aliphatic carbocycles. The Kier molecular flexibility index (Phi) is 3.87. The normalized spacial score (nSPS) is 13.5. The summed E-state index contributed by atoms with van der Waals surface area (Å²) in [4.78, 5) is 21.6. The summed E-state index contributed by atoms with van der Waals surface area (Å²) in [6.45, 7) is 1.72. The number of carbonyl (C=O) groups excluding carboxylic acids is 1. The molecule has 0 unspecified atom stereocenters. The molecule has 13 heavy (non-hydrogen) atoms. The third-order valence-electron chi connectivity index (χ3n) is 1.37. The topological polar surface area (TPSA) is 66.4 Å². The lowest BCUT2D eigenvalue weighted by Crippen LogP contribution is -2.48. The lowest BCUT2D eigenvalue weighted by atomic mass is 10.3. The van der Waals surface area contributed by atoms with Crippen molar-refractivity contribution in [1.82, 2.24) is 5.32 Å². The Morgan fingerprint density at radius 1 is 1.38 bits per heavy atom. The van der Waals surface area contributed by atoms with Crippen molar-refractivity contribution in [2.45, 2.75) is 13.0 Å². The Morgan fingerprint density at radius 2 is 1.85 bits per heavy atom. The highest BCUT2D eigenvalue weighted by Gasteiger charge is 2.18. The third kappa shape index (κ3) is 6.10. The van der Waals surface area contributed by atoms with Crippen LogP contribution >= 0.6 is 0 Å². The summed E-state index contributed by atoms with van der Waals surface area (Å²) in [7, 11) is 5.60. The smallest absolute Gasteiger partial charge is 0.325 e. The number of nitrogens with zero attached hydrogens (tertiary/aromatic N) is 1. The van der Waals surface area contributed by atoms with E-state index in [4.69, 9.17) is 5.11 Å². The Balaban J connectivity index is 3.96. The van der Waals surface area contributed by atoms with Gasteiger partial charge in [-0.05, 0) is 6.92 Å². The van der Waals surface area contributed by atoms with E-state index >= 15 is 0 Å². The molecule has 5 nitrogen and oxygen atoms in total. The second-order valence-corrected chi connectivity index (χ2v) is 4.08. The van der Waals surface area contributed by atoms with E-state index in [1.807, 2.05) is 21.1 Å². The van der Waals surface area contributed by atoms with Gasteiger partial charge in [-0.15, -0.1) is 0 Å². The average molecular weight is 189 g/mol. The Bertz CT molecular complexity index is 208. The molecule has 0 rings (SSSR count). The first kappa shape index (κ1) is 11.9. The maximum Gasteiger partial charge on any atom is 0.325 e. The fraction of sp³-hybridized carbons (Fsp3) is 0.750. The predicted molar refractivity (Wildman–Crippen MR) is 48.1 cm³/mol. The number of hydrogen-bond acceptors (Lipinski definition) is 2. The first-order valence-electron chi connectivity index (χ1n) is 4.05. The van der Waals surface area contributed by atoms with Gasteiger partial charge in [0, 0.05) is 0 Å². The van der Waals surface area contributed by atoms with E-state index in [1.165, 1.54) is 6.92 Å². The molecule has 0 aliphatic rings. The van der Waals surface area contributed by atoms with Crippen molar-refractivity contribution in [3.8, 4) is 0 Å². The van der Waals surface area contributed by atoms with E-state index in [2.05, 4.69) is 5.32 Å². The van der Waals surface area contributed by atoms with E-state index in [0.29, 0.717) is 4.48 Å². The molecule has 2 N–H and O–H groups in total. The fourth-order valence-corrected chi connectivity index (χ4v) is 0.780. The van der Waals surface area contributed by atoms with Crippen molar-refractivity contribution in [3.05, 3.63) is 0 Å². The zero-order chi connectivity index (χ0) is 10.6. The molecule has 0 bridgehead atoms. The average Bonchev–Trinajstić information content (AvgIpc) is 1.81. The van der Waals surface area contributed by atoms with Crippen molar-refractivity contribution in [2.24, 2.45) is 0 Å². The first-order valence-corrected chi connectivity index (χ1v) is 4.05. The molecule has 1 atom stereocenters. The molecule has 0 radical (unpaired) electrons. The van der Waals surface area contributed by atoms with Gasteiger partial charge < -0.3 is 14.9 Å². The van der Waals surface area contributed by atoms with E-state index < -0.39 is 12.0 Å². The van der Waals surface area contributed by atoms with Crippen LogP contribution in [0.15, 0.2) is 0 Å². The summed E-state index contributed by atoms with van der Waals surface area (Å²) >= 11 is 0. The molecule has 0 saturated carbocycles. The molecule has 5 heteroatoms. The van der Waals surface area contributed by atoms with Gasteiger partial charge in [0.1, 0.15) is 6.04 Å². The number of rotatable bonds is 4. The highest BCUT2D eigenvalue weighted by atomic mass is 16.4. The molecular weight excluding hydrogens is 172 g/mol. The SMILES string of the molecule is C[C@H](NC(=O)C[N+](C)(C)C)C(=O)O. The zero-order valence-electron chi connectivity index (χ0n) is 8.50. The van der Waals surface area contributed by atoms with Crippen LogP contribution in [-0.2, 0) is 9.59 Å². The monoisotopic (exact) mass is 189 g/mol. The Labute approximate surface area is 77.9 Å². The van der Waals surface area contributed by atoms with Crippen LogP contribution in [0, 0.1) is 0 Å². The third-order valence-corrected chi connectivity index (χ3v) is 1.37. The van der Waals surface area contributed by atoms with Crippen molar-refractivity contribution in [1.29, 1.82) is 0 Å². The summed E-state index contributed by atoms with van der Waals surface area (Å²) in [5, 5.41) is 10.9. The standard InChI is InChI=1S/C8H16N2O3/c1-6(8(12)13)9-7(11)5-10(2,3)4/h6H,5H2,1-4H3,(H-,9,11,12,13)/p+1/t6-/m0/s1. The number of carboxylic acid groups (broad SMARTS) is 1. The molecule has 0 heterocycles. The molecule has 0 aromatic rings. The number of carboxylic acids is 1. The highest BCUT2D eigenvalue weighted by molar-refractivity contribution is 5.83. The maximum atomic E-state index is 11.2. The molecule has 0 saturated heterocycles. The molecular formula is C8H17N2O3+. The van der Waals surface area contributed by atoms with Crippen LogP contribution in [0.25, 0.3) is 0 Å². The lowest BCUT2D eigenvalue weighted by molar-refractivity contribution is -0.862. The van der Waals surface area contributed by atoms with Gasteiger partial charge in [-0.3, -0.25) is 9.59 Å². The summed E-state index contributed by atoms with van der Waals surface area (Å²) in [6, 6.07) is -0.820. The highest BCUT2D eigenvalue weighted by Crippen LogP contribution is 1.89. The van der Waals surface area contributed by atoms with Gasteiger partial charge in [0.15, 0.2) is 6.54 Å². The van der Waals surface area contributed by atoms with Gasteiger partial charge in [-0.1, -0.05) is 0 Å². The summed E-state index contributed by atoms with van der Waals surface area (Å²) < 4.78 is 0.484. The van der Waals surface area contributed by atoms with Gasteiger partial charge in [0.2, 0.25) is 0 Å². The fourth-order valence-electron chi connectivity index (χ4n) is 0.780. The van der Waals surface area contributed by atoms with Crippen molar-refractivity contribution in [3.63, 3.8) is 0 Å². The number of nitrogens with one attached hydrogen (secondary N) is 1. The van der Waals surface area contributed by atoms with Crippen LogP contribution in [0.2, 0.25) is 0 Å². The van der Waals surface area contributed by atoms with Crippen molar-refractivity contribution < 1.29 is 19.2 Å². The maximum absolute atomic E-state index is 11.2. The van der Waals surface area contributed by atoms with Crippen LogP contribution in [-0.4, -0.2) is 55.2 Å². The lowest BCUT2D eigenvalue weighted by Gasteiger charge is -2.23. The van der Waals surface area contributed by atoms with Crippen LogP contribution in [0.5, 0.6) is 0 Å². The van der Waals surface area contributed by atoms with Gasteiger partial charge >= 0.3 is 5.97 Å². The minimum Gasteiger partial charge on any atom is -0.480 e. The Morgan fingerprint density at radius 3 is 2.15 bits per heavy atom. The van der Waals surface area contributed by atoms with Crippen LogP contribution in [0.3, 0.4) is 0 Å². The summed E-state index contributed by atoms with van der Waals surface area (Å²) in [5.74, 6) is -1.27. The van der Waals surface area contributed by atoms with E-state index in [0.717, 1.165) is 0 Å². The van der Waals surface area contributed by atoms with E-state index in [9.17, 15) is 9.59 Å². The van der Waals surface area contributed by atoms with Gasteiger partial charge in [0.25, 0.3) is 5.91 Å². The number of amides is 1. The number of quaternary nitrogens is 1. The molecule has 0 fully saturated rings. The van der Waals surface area contributed by atoms with Crippen molar-refractivity contribution in [2.75, 3.05) is 27.7 Å². The van der Waals surface area contributed by atoms with Crippen LogP contribution < -0.4 is 5.32 Å². The van der Waals surface area contributed by atoms with Crippen molar-refractivity contribution >= 4 is 11.9 Å². The number of hydrogen-bond donors (Lipinski definition) is 2. The summed E-state index contributed by atoms with van der Waals surface area (Å²) in [5.41, 5.74) is 0. The molecule has 0 aromatic heterocycles. The Hall–Kier alpha value is -1.10. The van der Waals surface area contributed by atoms with Gasteiger partial charge in [-0.2, -0.15) is 0 Å². The van der Waals surface area contributed by atoms with Crippen LogP contribution in [0.1, 0.15) is 6.92 Å². The quantitative estimate of drug-likeness (QED) is 0.574. The second-order valence-electron chi connectivity index (χ2n) is 4.08. The predicted octanol–water partition coefficient (Wildman–Crippen LogP) is -0.718. The minimum absolute atomic E-state index is 0.248. The van der Waals surface area contributed by atoms with E-state index in [-0.39, 0.29) is 12.5 Å². The number of likely N-dealkylation sites (N-methyl/N-ethyl adjacent to an activating group) is 1. The molecule has 0 aromatic carbocycles. The molecule has 76 valence electrons. The number of carbonyl (C=O) groups is 2. The molecule has 0 spiro atoms.